The fourth-order valence-electron chi connectivity index (χ4n) is 3.44. The third-order valence-corrected chi connectivity index (χ3v) is 6.02. The Morgan fingerprint density at radius 3 is 2.64 bits per heavy atom. The number of nitrogens with one attached hydrogen (secondary N) is 1. The van der Waals surface area contributed by atoms with E-state index >= 15 is 0 Å². The van der Waals surface area contributed by atoms with Crippen molar-refractivity contribution in [1.82, 2.24) is 15.1 Å². The van der Waals surface area contributed by atoms with Crippen LogP contribution in [-0.2, 0) is 4.79 Å². The lowest BCUT2D eigenvalue weighted by Gasteiger charge is -2.34. The third kappa shape index (κ3) is 3.92. The zero-order valence-electron chi connectivity index (χ0n) is 14.6. The Kier molecular flexibility index (Phi) is 5.51. The van der Waals surface area contributed by atoms with Gasteiger partial charge in [-0.15, -0.1) is 11.8 Å². The number of carbonyl (C=O) groups is 2. The minimum atomic E-state index is -0.211. The lowest BCUT2D eigenvalue weighted by atomic mass is 9.94. The molecule has 0 aliphatic carbocycles. The maximum absolute atomic E-state index is 13.9. The molecule has 1 aromatic rings. The van der Waals surface area contributed by atoms with Crippen LogP contribution in [0.2, 0.25) is 0 Å². The molecule has 25 heavy (non-hydrogen) atoms. The van der Waals surface area contributed by atoms with Crippen molar-refractivity contribution in [3.63, 3.8) is 0 Å². The SMILES string of the molecule is CN(C)C(=O)N1CCC(C(=O)NC2CCSc3c(F)cccc32)CC1. The van der Waals surface area contributed by atoms with Crippen LogP contribution in [-0.4, -0.2) is 54.7 Å². The normalized spacial score (nSPS) is 20.8. The van der Waals surface area contributed by atoms with Crippen LogP contribution in [0.3, 0.4) is 0 Å². The predicted octanol–water partition coefficient (Wildman–Crippen LogP) is 2.87. The molecule has 0 aromatic heterocycles. The van der Waals surface area contributed by atoms with Crippen molar-refractivity contribution in [2.45, 2.75) is 30.2 Å². The van der Waals surface area contributed by atoms with Crippen molar-refractivity contribution in [1.29, 1.82) is 0 Å². The molecule has 1 saturated heterocycles. The van der Waals surface area contributed by atoms with Crippen LogP contribution in [0.15, 0.2) is 23.1 Å². The summed E-state index contributed by atoms with van der Waals surface area (Å²) in [5.41, 5.74) is 0.879. The summed E-state index contributed by atoms with van der Waals surface area (Å²) in [6.45, 7) is 1.20. The van der Waals surface area contributed by atoms with E-state index in [1.54, 1.807) is 30.0 Å². The Bertz CT molecular complexity index is 660. The number of urea groups is 1. The van der Waals surface area contributed by atoms with Gasteiger partial charge in [0.2, 0.25) is 5.91 Å². The van der Waals surface area contributed by atoms with Crippen molar-refractivity contribution >= 4 is 23.7 Å². The van der Waals surface area contributed by atoms with Gasteiger partial charge < -0.3 is 15.1 Å². The van der Waals surface area contributed by atoms with Gasteiger partial charge in [-0.25, -0.2) is 9.18 Å². The van der Waals surface area contributed by atoms with Crippen molar-refractivity contribution in [3.8, 4) is 0 Å². The maximum Gasteiger partial charge on any atom is 0.319 e. The Morgan fingerprint density at radius 1 is 1.24 bits per heavy atom. The molecule has 1 N–H and O–H groups in total. The minimum Gasteiger partial charge on any atom is -0.349 e. The molecule has 2 heterocycles. The summed E-state index contributed by atoms with van der Waals surface area (Å²) >= 11 is 1.51. The molecule has 2 aliphatic heterocycles. The van der Waals surface area contributed by atoms with Gasteiger partial charge in [0, 0.05) is 43.8 Å². The molecule has 1 aromatic carbocycles. The van der Waals surface area contributed by atoms with Crippen molar-refractivity contribution in [2.24, 2.45) is 5.92 Å². The first-order valence-corrected chi connectivity index (χ1v) is 9.63. The smallest absolute Gasteiger partial charge is 0.319 e. The van der Waals surface area contributed by atoms with Crippen LogP contribution in [0.1, 0.15) is 30.9 Å². The number of hydrogen-bond acceptors (Lipinski definition) is 3. The molecule has 1 unspecified atom stereocenters. The largest absolute Gasteiger partial charge is 0.349 e. The molecule has 1 atom stereocenters. The molecule has 0 saturated carbocycles. The van der Waals surface area contributed by atoms with Gasteiger partial charge in [0.1, 0.15) is 5.82 Å². The Morgan fingerprint density at radius 2 is 1.96 bits per heavy atom. The summed E-state index contributed by atoms with van der Waals surface area (Å²) in [7, 11) is 3.47. The number of halogens is 1. The van der Waals surface area contributed by atoms with E-state index in [4.69, 9.17) is 0 Å². The second-order valence-electron chi connectivity index (χ2n) is 6.79. The molecule has 3 amide bonds. The predicted molar refractivity (Wildman–Crippen MR) is 96.0 cm³/mol. The number of rotatable bonds is 2. The van der Waals surface area contributed by atoms with Crippen LogP contribution in [0.4, 0.5) is 9.18 Å². The Labute approximate surface area is 151 Å². The summed E-state index contributed by atoms with van der Waals surface area (Å²) in [5.74, 6) is 0.521. The Balaban J connectivity index is 1.60. The summed E-state index contributed by atoms with van der Waals surface area (Å²) in [6, 6.07) is 4.93. The first-order valence-electron chi connectivity index (χ1n) is 8.65. The molecule has 0 radical (unpaired) electrons. The minimum absolute atomic E-state index is 0.00688. The van der Waals surface area contributed by atoms with E-state index in [0.29, 0.717) is 30.8 Å². The maximum atomic E-state index is 13.9. The van der Waals surface area contributed by atoms with Crippen molar-refractivity contribution < 1.29 is 14.0 Å². The lowest BCUT2D eigenvalue weighted by Crippen LogP contribution is -2.47. The van der Waals surface area contributed by atoms with E-state index in [1.807, 2.05) is 6.07 Å². The average Bonchev–Trinajstić information content (AvgIpc) is 2.62. The fraction of sp³-hybridized carbons (Fsp3) is 0.556. The summed E-state index contributed by atoms with van der Waals surface area (Å²) < 4.78 is 13.9. The highest BCUT2D eigenvalue weighted by molar-refractivity contribution is 7.99. The molecule has 0 bridgehead atoms. The third-order valence-electron chi connectivity index (χ3n) is 4.86. The highest BCUT2D eigenvalue weighted by atomic mass is 32.2. The van der Waals surface area contributed by atoms with Gasteiger partial charge in [0.15, 0.2) is 0 Å². The standard InChI is InChI=1S/C18H24FN3O2S/c1-21(2)18(24)22-9-6-12(7-10-22)17(23)20-15-8-11-25-16-13(15)4-3-5-14(16)19/h3-5,12,15H,6-11H2,1-2H3,(H,20,23). The van der Waals surface area contributed by atoms with Crippen LogP contribution in [0.25, 0.3) is 0 Å². The quantitative estimate of drug-likeness (QED) is 0.877. The average molecular weight is 365 g/mol. The molecule has 1 fully saturated rings. The van der Waals surface area contributed by atoms with Gasteiger partial charge in [-0.3, -0.25) is 4.79 Å². The van der Waals surface area contributed by atoms with Gasteiger partial charge in [-0.05, 0) is 30.9 Å². The van der Waals surface area contributed by atoms with Gasteiger partial charge in [0.25, 0.3) is 0 Å². The van der Waals surface area contributed by atoms with E-state index < -0.39 is 0 Å². The molecule has 7 heteroatoms. The molecule has 136 valence electrons. The topological polar surface area (TPSA) is 52.7 Å². The zero-order chi connectivity index (χ0) is 18.0. The van der Waals surface area contributed by atoms with E-state index in [9.17, 15) is 14.0 Å². The second-order valence-corrected chi connectivity index (χ2v) is 7.90. The van der Waals surface area contributed by atoms with E-state index in [-0.39, 0.29) is 29.7 Å². The first-order chi connectivity index (χ1) is 12.0. The number of piperidine rings is 1. The van der Waals surface area contributed by atoms with E-state index in [1.165, 1.54) is 17.8 Å². The van der Waals surface area contributed by atoms with Gasteiger partial charge >= 0.3 is 6.03 Å². The number of benzene rings is 1. The lowest BCUT2D eigenvalue weighted by molar-refractivity contribution is -0.127. The van der Waals surface area contributed by atoms with Crippen LogP contribution >= 0.6 is 11.8 Å². The Hall–Kier alpha value is -1.76. The fourth-order valence-corrected chi connectivity index (χ4v) is 4.58. The molecular formula is C18H24FN3O2S. The molecule has 2 aliphatic rings. The molecular weight excluding hydrogens is 341 g/mol. The van der Waals surface area contributed by atoms with Gasteiger partial charge in [-0.1, -0.05) is 12.1 Å². The number of thioether (sulfide) groups is 1. The monoisotopic (exact) mass is 365 g/mol. The number of hydrogen-bond donors (Lipinski definition) is 1. The van der Waals surface area contributed by atoms with Crippen LogP contribution in [0.5, 0.6) is 0 Å². The number of nitrogens with zero attached hydrogens (tertiary/aromatic N) is 2. The molecule has 5 nitrogen and oxygen atoms in total. The number of amides is 3. The summed E-state index contributed by atoms with van der Waals surface area (Å²) in [5, 5.41) is 3.11. The van der Waals surface area contributed by atoms with Gasteiger partial charge in [0.05, 0.1) is 6.04 Å². The highest BCUT2D eigenvalue weighted by Crippen LogP contribution is 2.38. The number of fused-ring (bicyclic) bond motifs is 1. The first kappa shape index (κ1) is 18.0. The number of carbonyl (C=O) groups excluding carboxylic acids is 2. The van der Waals surface area contributed by atoms with Crippen LogP contribution in [0, 0.1) is 11.7 Å². The zero-order valence-corrected chi connectivity index (χ0v) is 15.4. The second kappa shape index (κ2) is 7.64. The van der Waals surface area contributed by atoms with E-state index in [0.717, 1.165) is 17.7 Å². The van der Waals surface area contributed by atoms with E-state index in [2.05, 4.69) is 5.32 Å². The number of likely N-dealkylation sites (tertiary alicyclic amines) is 1. The van der Waals surface area contributed by atoms with Crippen molar-refractivity contribution in [2.75, 3.05) is 32.9 Å². The summed E-state index contributed by atoms with van der Waals surface area (Å²) in [6.07, 6.45) is 2.15. The molecule has 3 rings (SSSR count). The highest BCUT2D eigenvalue weighted by Gasteiger charge is 2.31. The van der Waals surface area contributed by atoms with Crippen molar-refractivity contribution in [3.05, 3.63) is 29.6 Å². The van der Waals surface area contributed by atoms with Crippen LogP contribution < -0.4 is 5.32 Å². The molecule has 0 spiro atoms. The van der Waals surface area contributed by atoms with Gasteiger partial charge in [-0.2, -0.15) is 0 Å². The summed E-state index contributed by atoms with van der Waals surface area (Å²) in [4.78, 5) is 28.6.